The fourth-order valence-corrected chi connectivity index (χ4v) is 3.00. The summed E-state index contributed by atoms with van der Waals surface area (Å²) in [7, 11) is 2.02. The number of carbonyl (C=O) groups excluding carboxylic acids is 1. The lowest BCUT2D eigenvalue weighted by atomic mass is 10.1. The molecule has 1 aromatic heterocycles. The summed E-state index contributed by atoms with van der Waals surface area (Å²) in [5.74, 6) is -0.0656. The van der Waals surface area contributed by atoms with Gasteiger partial charge in [-0.3, -0.25) is 9.69 Å². The molecule has 0 saturated carbocycles. The lowest BCUT2D eigenvalue weighted by Crippen LogP contribution is -2.43. The van der Waals surface area contributed by atoms with E-state index < -0.39 is 0 Å². The molecule has 20 heavy (non-hydrogen) atoms. The van der Waals surface area contributed by atoms with E-state index in [1.165, 1.54) is 31.1 Å². The molecule has 1 aromatic rings. The molecule has 1 aliphatic heterocycles. The third kappa shape index (κ3) is 5.93. The molecule has 1 atom stereocenters. The van der Waals surface area contributed by atoms with Crippen molar-refractivity contribution in [2.24, 2.45) is 0 Å². The largest absolute Gasteiger partial charge is 0.316 e. The Morgan fingerprint density at radius 1 is 1.55 bits per heavy atom. The van der Waals surface area contributed by atoms with Crippen LogP contribution < -0.4 is 10.6 Å². The lowest BCUT2D eigenvalue weighted by Gasteiger charge is -2.31. The van der Waals surface area contributed by atoms with Gasteiger partial charge in [0.25, 0.3) is 0 Å². The van der Waals surface area contributed by atoms with Crippen LogP contribution in [0.5, 0.6) is 0 Å². The van der Waals surface area contributed by atoms with Crippen molar-refractivity contribution in [1.82, 2.24) is 15.2 Å². The topological polar surface area (TPSA) is 57.3 Å². The third-order valence-electron chi connectivity index (χ3n) is 3.13. The van der Waals surface area contributed by atoms with Gasteiger partial charge < -0.3 is 10.6 Å². The number of nitrogens with zero attached hydrogens (tertiary/aromatic N) is 2. The summed E-state index contributed by atoms with van der Waals surface area (Å²) in [4.78, 5) is 17.8. The van der Waals surface area contributed by atoms with Gasteiger partial charge in [-0.15, -0.1) is 36.2 Å². The molecular formula is C12H22Cl2N4OS. The van der Waals surface area contributed by atoms with Crippen LogP contribution in [0, 0.1) is 0 Å². The maximum atomic E-state index is 10.9. The Kier molecular flexibility index (Phi) is 9.33. The first kappa shape index (κ1) is 19.6. The van der Waals surface area contributed by atoms with Crippen LogP contribution in [0.2, 0.25) is 0 Å². The summed E-state index contributed by atoms with van der Waals surface area (Å²) in [5, 5.41) is 8.77. The number of thiazole rings is 1. The van der Waals surface area contributed by atoms with Crippen LogP contribution in [0.4, 0.5) is 5.13 Å². The average molecular weight is 341 g/mol. The summed E-state index contributed by atoms with van der Waals surface area (Å²) in [5.41, 5.74) is 1.04. The van der Waals surface area contributed by atoms with E-state index in [0.717, 1.165) is 25.3 Å². The second kappa shape index (κ2) is 9.52. The van der Waals surface area contributed by atoms with Gasteiger partial charge >= 0.3 is 0 Å². The molecule has 1 saturated heterocycles. The molecule has 2 heterocycles. The third-order valence-corrected chi connectivity index (χ3v) is 3.94. The van der Waals surface area contributed by atoms with Gasteiger partial charge in [0.1, 0.15) is 0 Å². The highest BCUT2D eigenvalue weighted by atomic mass is 35.5. The number of hydrogen-bond donors (Lipinski definition) is 2. The SMILES string of the molecule is CNC1CCCN(Cc2csc(NC(C)=O)n2)C1.Cl.Cl. The molecule has 1 amide bonds. The van der Waals surface area contributed by atoms with Gasteiger partial charge in [-0.2, -0.15) is 0 Å². The van der Waals surface area contributed by atoms with Gasteiger partial charge in [0.15, 0.2) is 5.13 Å². The number of nitrogens with one attached hydrogen (secondary N) is 2. The monoisotopic (exact) mass is 340 g/mol. The number of amides is 1. The quantitative estimate of drug-likeness (QED) is 0.881. The number of anilines is 1. The number of aromatic nitrogens is 1. The number of halogens is 2. The van der Waals surface area contributed by atoms with Crippen molar-refractivity contribution < 1.29 is 4.79 Å². The molecule has 0 bridgehead atoms. The smallest absolute Gasteiger partial charge is 0.223 e. The minimum Gasteiger partial charge on any atom is -0.316 e. The number of likely N-dealkylation sites (tertiary alicyclic amines) is 1. The lowest BCUT2D eigenvalue weighted by molar-refractivity contribution is -0.114. The van der Waals surface area contributed by atoms with Gasteiger partial charge in [-0.1, -0.05) is 0 Å². The Morgan fingerprint density at radius 3 is 2.95 bits per heavy atom. The number of carbonyl (C=O) groups is 1. The van der Waals surface area contributed by atoms with Crippen molar-refractivity contribution in [3.8, 4) is 0 Å². The first-order valence-electron chi connectivity index (χ1n) is 6.29. The van der Waals surface area contributed by atoms with Gasteiger partial charge in [0.2, 0.25) is 5.91 Å². The fraction of sp³-hybridized carbons (Fsp3) is 0.667. The summed E-state index contributed by atoms with van der Waals surface area (Å²) < 4.78 is 0. The van der Waals surface area contributed by atoms with Crippen molar-refractivity contribution in [1.29, 1.82) is 0 Å². The molecule has 0 radical (unpaired) electrons. The predicted molar refractivity (Wildman–Crippen MR) is 88.3 cm³/mol. The Labute approximate surface area is 136 Å². The highest BCUT2D eigenvalue weighted by Gasteiger charge is 2.19. The molecule has 5 nitrogen and oxygen atoms in total. The van der Waals surface area contributed by atoms with Crippen LogP contribution in [0.1, 0.15) is 25.5 Å². The highest BCUT2D eigenvalue weighted by Crippen LogP contribution is 2.18. The van der Waals surface area contributed by atoms with E-state index in [1.807, 2.05) is 12.4 Å². The Morgan fingerprint density at radius 2 is 2.30 bits per heavy atom. The maximum absolute atomic E-state index is 10.9. The van der Waals surface area contributed by atoms with Crippen LogP contribution in [0.25, 0.3) is 0 Å². The molecule has 8 heteroatoms. The summed E-state index contributed by atoms with van der Waals surface area (Å²) in [6, 6.07) is 0.590. The molecule has 0 spiro atoms. The first-order valence-corrected chi connectivity index (χ1v) is 7.17. The number of likely N-dealkylation sites (N-methyl/N-ethyl adjacent to an activating group) is 1. The number of piperidine rings is 1. The van der Waals surface area contributed by atoms with Crippen LogP contribution in [-0.2, 0) is 11.3 Å². The van der Waals surface area contributed by atoms with E-state index in [0.29, 0.717) is 11.2 Å². The van der Waals surface area contributed by atoms with Crippen molar-refractivity contribution >= 4 is 47.2 Å². The molecule has 116 valence electrons. The van der Waals surface area contributed by atoms with Crippen molar-refractivity contribution in [3.63, 3.8) is 0 Å². The highest BCUT2D eigenvalue weighted by molar-refractivity contribution is 7.13. The Hall–Kier alpha value is -0.400. The number of hydrogen-bond acceptors (Lipinski definition) is 5. The molecule has 2 rings (SSSR count). The van der Waals surface area contributed by atoms with Gasteiger partial charge in [0, 0.05) is 31.4 Å². The average Bonchev–Trinajstić information content (AvgIpc) is 2.76. The molecule has 1 aliphatic rings. The molecule has 1 unspecified atom stereocenters. The fourth-order valence-electron chi connectivity index (χ4n) is 2.25. The van der Waals surface area contributed by atoms with Crippen molar-refractivity contribution in [2.45, 2.75) is 32.4 Å². The Balaban J connectivity index is 0.00000180. The van der Waals surface area contributed by atoms with Gasteiger partial charge in [-0.05, 0) is 26.4 Å². The second-order valence-corrected chi connectivity index (χ2v) is 5.55. The molecule has 1 fully saturated rings. The summed E-state index contributed by atoms with van der Waals surface area (Å²) in [6.07, 6.45) is 2.48. The maximum Gasteiger partial charge on any atom is 0.223 e. The van der Waals surface area contributed by atoms with Crippen LogP contribution >= 0.6 is 36.2 Å². The molecule has 0 aromatic carbocycles. The van der Waals surface area contributed by atoms with Crippen LogP contribution in [-0.4, -0.2) is 42.0 Å². The second-order valence-electron chi connectivity index (χ2n) is 4.69. The molecule has 0 aliphatic carbocycles. The van der Waals surface area contributed by atoms with E-state index in [2.05, 4.69) is 20.5 Å². The summed E-state index contributed by atoms with van der Waals surface area (Å²) >= 11 is 1.49. The normalized spacial score (nSPS) is 18.8. The van der Waals surface area contributed by atoms with E-state index in [4.69, 9.17) is 0 Å². The van der Waals surface area contributed by atoms with E-state index in [9.17, 15) is 4.79 Å². The predicted octanol–water partition coefficient (Wildman–Crippen LogP) is 2.13. The van der Waals surface area contributed by atoms with Crippen LogP contribution in [0.15, 0.2) is 5.38 Å². The first-order chi connectivity index (χ1) is 8.67. The minimum absolute atomic E-state index is 0. The zero-order chi connectivity index (χ0) is 13.0. The van der Waals surface area contributed by atoms with Gasteiger partial charge in [-0.25, -0.2) is 4.98 Å². The Bertz CT molecular complexity index is 416. The number of rotatable bonds is 4. The minimum atomic E-state index is -0.0656. The van der Waals surface area contributed by atoms with E-state index in [1.54, 1.807) is 0 Å². The van der Waals surface area contributed by atoms with Crippen molar-refractivity contribution in [3.05, 3.63) is 11.1 Å². The van der Waals surface area contributed by atoms with Gasteiger partial charge in [0.05, 0.1) is 5.69 Å². The zero-order valence-corrected chi connectivity index (χ0v) is 14.2. The standard InChI is InChI=1S/C12H20N4OS.2ClH/c1-9(17)14-12-15-11(8-18-12)7-16-5-3-4-10(6-16)13-2;;/h8,10,13H,3-7H2,1-2H3,(H,14,15,17);2*1H. The molecular weight excluding hydrogens is 319 g/mol. The van der Waals surface area contributed by atoms with Crippen LogP contribution in [0.3, 0.4) is 0 Å². The van der Waals surface area contributed by atoms with Crippen molar-refractivity contribution in [2.75, 3.05) is 25.5 Å². The zero-order valence-electron chi connectivity index (χ0n) is 11.7. The molecule has 2 N–H and O–H groups in total. The van der Waals surface area contributed by atoms with E-state index in [-0.39, 0.29) is 30.7 Å². The van der Waals surface area contributed by atoms with E-state index >= 15 is 0 Å². The summed E-state index contributed by atoms with van der Waals surface area (Å²) in [6.45, 7) is 4.58.